The Labute approximate surface area is 117 Å². The number of aromatic nitrogens is 2. The van der Waals surface area contributed by atoms with Gasteiger partial charge in [0.2, 0.25) is 5.91 Å². The Morgan fingerprint density at radius 3 is 2.90 bits per heavy atom. The van der Waals surface area contributed by atoms with Crippen LogP contribution in [0.5, 0.6) is 0 Å². The molecule has 0 atom stereocenters. The minimum absolute atomic E-state index is 0.0866. The van der Waals surface area contributed by atoms with Crippen LogP contribution in [0, 0.1) is 0 Å². The second-order valence-electron chi connectivity index (χ2n) is 5.53. The summed E-state index contributed by atoms with van der Waals surface area (Å²) in [5.74, 6) is 0.925. The lowest BCUT2D eigenvalue weighted by atomic mass is 9.91. The molecule has 0 bridgehead atoms. The molecule has 2 heterocycles. The molecule has 0 saturated carbocycles. The molecular weight excluding hydrogens is 254 g/mol. The minimum Gasteiger partial charge on any atom is -0.386 e. The molecule has 0 unspecified atom stereocenters. The molecule has 1 aromatic carbocycles. The molecule has 1 amide bonds. The standard InChI is InChI=1S/C15H19N3O2/c1-2-15(20)9-18(10-15)14(19)8-7-13-16-11-5-3-4-6-12(11)17-13/h3-6,20H,2,7-10H2,1H3,(H,16,17). The van der Waals surface area contributed by atoms with Crippen molar-refractivity contribution in [1.29, 1.82) is 0 Å². The molecule has 106 valence electrons. The lowest BCUT2D eigenvalue weighted by Gasteiger charge is -2.46. The summed E-state index contributed by atoms with van der Waals surface area (Å²) in [6, 6.07) is 7.84. The van der Waals surface area contributed by atoms with E-state index in [1.54, 1.807) is 4.90 Å². The zero-order valence-corrected chi connectivity index (χ0v) is 11.6. The molecule has 0 spiro atoms. The van der Waals surface area contributed by atoms with Gasteiger partial charge in [0, 0.05) is 12.8 Å². The van der Waals surface area contributed by atoms with Crippen molar-refractivity contribution in [2.75, 3.05) is 13.1 Å². The van der Waals surface area contributed by atoms with Gasteiger partial charge < -0.3 is 15.0 Å². The highest BCUT2D eigenvalue weighted by Crippen LogP contribution is 2.24. The Kier molecular flexibility index (Phi) is 3.22. The van der Waals surface area contributed by atoms with E-state index in [-0.39, 0.29) is 5.91 Å². The monoisotopic (exact) mass is 273 g/mol. The number of aromatic amines is 1. The van der Waals surface area contributed by atoms with Gasteiger partial charge in [-0.2, -0.15) is 0 Å². The van der Waals surface area contributed by atoms with Crippen LogP contribution in [0.4, 0.5) is 0 Å². The maximum Gasteiger partial charge on any atom is 0.223 e. The average molecular weight is 273 g/mol. The fourth-order valence-electron chi connectivity index (χ4n) is 2.57. The van der Waals surface area contributed by atoms with Gasteiger partial charge in [-0.15, -0.1) is 0 Å². The quantitative estimate of drug-likeness (QED) is 0.886. The third-order valence-corrected chi connectivity index (χ3v) is 4.00. The van der Waals surface area contributed by atoms with E-state index in [0.29, 0.717) is 32.4 Å². The van der Waals surface area contributed by atoms with Gasteiger partial charge in [0.15, 0.2) is 0 Å². The van der Waals surface area contributed by atoms with Gasteiger partial charge >= 0.3 is 0 Å². The number of nitrogens with one attached hydrogen (secondary N) is 1. The number of hydrogen-bond donors (Lipinski definition) is 2. The SMILES string of the molecule is CCC1(O)CN(C(=O)CCc2nc3ccccc3[nH]2)C1. The molecule has 0 radical (unpaired) electrons. The molecule has 1 aliphatic heterocycles. The second kappa shape index (κ2) is 4.90. The Morgan fingerprint density at radius 1 is 1.45 bits per heavy atom. The number of amides is 1. The first kappa shape index (κ1) is 13.1. The molecule has 2 aromatic rings. The predicted octanol–water partition coefficient (Wildman–Crippen LogP) is 1.48. The number of likely N-dealkylation sites (tertiary alicyclic amines) is 1. The molecule has 1 fully saturated rings. The van der Waals surface area contributed by atoms with E-state index in [4.69, 9.17) is 0 Å². The number of aliphatic hydroxyl groups is 1. The maximum atomic E-state index is 12.0. The van der Waals surface area contributed by atoms with E-state index >= 15 is 0 Å². The largest absolute Gasteiger partial charge is 0.386 e. The normalized spacial score (nSPS) is 17.2. The number of rotatable bonds is 4. The summed E-state index contributed by atoms with van der Waals surface area (Å²) in [6.07, 6.45) is 1.73. The van der Waals surface area contributed by atoms with E-state index in [1.165, 1.54) is 0 Å². The van der Waals surface area contributed by atoms with Crippen LogP contribution < -0.4 is 0 Å². The van der Waals surface area contributed by atoms with E-state index < -0.39 is 5.60 Å². The minimum atomic E-state index is -0.658. The third kappa shape index (κ3) is 2.41. The zero-order chi connectivity index (χ0) is 14.2. The van der Waals surface area contributed by atoms with Crippen LogP contribution in [-0.2, 0) is 11.2 Å². The molecule has 20 heavy (non-hydrogen) atoms. The first-order valence-corrected chi connectivity index (χ1v) is 7.03. The summed E-state index contributed by atoms with van der Waals surface area (Å²) < 4.78 is 0. The molecule has 1 aromatic heterocycles. The summed E-state index contributed by atoms with van der Waals surface area (Å²) in [5, 5.41) is 9.91. The second-order valence-corrected chi connectivity index (χ2v) is 5.53. The molecule has 1 aliphatic rings. The number of nitrogens with zero attached hydrogens (tertiary/aromatic N) is 2. The summed E-state index contributed by atoms with van der Waals surface area (Å²) in [5.41, 5.74) is 1.27. The van der Waals surface area contributed by atoms with Gasteiger partial charge in [-0.3, -0.25) is 4.79 Å². The van der Waals surface area contributed by atoms with Crippen molar-refractivity contribution >= 4 is 16.9 Å². The van der Waals surface area contributed by atoms with Crippen molar-refractivity contribution in [3.05, 3.63) is 30.1 Å². The van der Waals surface area contributed by atoms with E-state index in [9.17, 15) is 9.90 Å². The highest BCUT2D eigenvalue weighted by Gasteiger charge is 2.41. The summed E-state index contributed by atoms with van der Waals surface area (Å²) >= 11 is 0. The Hall–Kier alpha value is -1.88. The van der Waals surface area contributed by atoms with Crippen molar-refractivity contribution in [1.82, 2.24) is 14.9 Å². The van der Waals surface area contributed by atoms with Crippen LogP contribution in [0.1, 0.15) is 25.6 Å². The lowest BCUT2D eigenvalue weighted by molar-refractivity contribution is -0.155. The van der Waals surface area contributed by atoms with Crippen molar-refractivity contribution in [3.8, 4) is 0 Å². The number of H-pyrrole nitrogens is 1. The van der Waals surface area contributed by atoms with Gasteiger partial charge in [0.05, 0.1) is 29.7 Å². The number of carbonyl (C=O) groups is 1. The first-order valence-electron chi connectivity index (χ1n) is 7.03. The number of imidazole rings is 1. The van der Waals surface area contributed by atoms with Crippen LogP contribution in [0.2, 0.25) is 0 Å². The van der Waals surface area contributed by atoms with Gasteiger partial charge in [-0.25, -0.2) is 4.98 Å². The summed E-state index contributed by atoms with van der Waals surface area (Å²) in [6.45, 7) is 2.86. The first-order chi connectivity index (χ1) is 9.59. The van der Waals surface area contributed by atoms with Crippen molar-refractivity contribution in [2.45, 2.75) is 31.8 Å². The molecular formula is C15H19N3O2. The zero-order valence-electron chi connectivity index (χ0n) is 11.6. The van der Waals surface area contributed by atoms with Crippen molar-refractivity contribution < 1.29 is 9.90 Å². The fraction of sp³-hybridized carbons (Fsp3) is 0.467. The van der Waals surface area contributed by atoms with Crippen molar-refractivity contribution in [3.63, 3.8) is 0 Å². The number of benzene rings is 1. The highest BCUT2D eigenvalue weighted by atomic mass is 16.3. The van der Waals surface area contributed by atoms with Crippen LogP contribution in [0.25, 0.3) is 11.0 Å². The van der Waals surface area contributed by atoms with Gasteiger partial charge in [0.1, 0.15) is 5.82 Å². The Morgan fingerprint density at radius 2 is 2.20 bits per heavy atom. The number of hydrogen-bond acceptors (Lipinski definition) is 3. The molecule has 5 nitrogen and oxygen atoms in total. The maximum absolute atomic E-state index is 12.0. The van der Waals surface area contributed by atoms with E-state index in [2.05, 4.69) is 9.97 Å². The number of para-hydroxylation sites is 2. The number of β-amino-alcohol motifs (C(OH)–C–C–N with tert-alkyl or cyclic N) is 1. The molecule has 1 saturated heterocycles. The summed E-state index contributed by atoms with van der Waals surface area (Å²) in [7, 11) is 0. The molecule has 0 aliphatic carbocycles. The average Bonchev–Trinajstić information content (AvgIpc) is 2.84. The number of fused-ring (bicyclic) bond motifs is 1. The number of carbonyl (C=O) groups excluding carboxylic acids is 1. The van der Waals surface area contributed by atoms with Crippen LogP contribution in [0.15, 0.2) is 24.3 Å². The third-order valence-electron chi connectivity index (χ3n) is 4.00. The van der Waals surface area contributed by atoms with Crippen LogP contribution >= 0.6 is 0 Å². The van der Waals surface area contributed by atoms with Gasteiger partial charge in [-0.1, -0.05) is 19.1 Å². The topological polar surface area (TPSA) is 69.2 Å². The summed E-state index contributed by atoms with van der Waals surface area (Å²) in [4.78, 5) is 21.4. The van der Waals surface area contributed by atoms with Crippen LogP contribution in [-0.4, -0.2) is 44.6 Å². The van der Waals surface area contributed by atoms with Gasteiger partial charge in [-0.05, 0) is 18.6 Å². The van der Waals surface area contributed by atoms with Gasteiger partial charge in [0.25, 0.3) is 0 Å². The van der Waals surface area contributed by atoms with E-state index in [0.717, 1.165) is 16.9 Å². The molecule has 3 rings (SSSR count). The van der Waals surface area contributed by atoms with Crippen LogP contribution in [0.3, 0.4) is 0 Å². The Bertz CT molecular complexity index is 596. The highest BCUT2D eigenvalue weighted by molar-refractivity contribution is 5.78. The molecule has 2 N–H and O–H groups in total. The number of aryl methyl sites for hydroxylation is 1. The smallest absolute Gasteiger partial charge is 0.223 e. The fourth-order valence-corrected chi connectivity index (χ4v) is 2.57. The van der Waals surface area contributed by atoms with Crippen molar-refractivity contribution in [2.24, 2.45) is 0 Å². The molecule has 5 heteroatoms. The lowest BCUT2D eigenvalue weighted by Crippen LogP contribution is -2.63. The predicted molar refractivity (Wildman–Crippen MR) is 76.2 cm³/mol. The van der Waals surface area contributed by atoms with E-state index in [1.807, 2.05) is 31.2 Å². The Balaban J connectivity index is 1.56.